The van der Waals surface area contributed by atoms with Crippen molar-refractivity contribution in [2.45, 2.75) is 0 Å². The van der Waals surface area contributed by atoms with Gasteiger partial charge >= 0.3 is 0 Å². The Morgan fingerprint density at radius 1 is 1.14 bits per heavy atom. The summed E-state index contributed by atoms with van der Waals surface area (Å²) in [5, 5.41) is 0.945. The molecule has 0 bridgehead atoms. The number of aromatic amines is 1. The third-order valence-electron chi connectivity index (χ3n) is 2.31. The smallest absolute Gasteiger partial charge is 0.208 e. The van der Waals surface area contributed by atoms with Crippen LogP contribution < -0.4 is 5.43 Å². The summed E-state index contributed by atoms with van der Waals surface area (Å²) in [5.41, 5.74) is 2.05. The van der Waals surface area contributed by atoms with Crippen molar-refractivity contribution < 1.29 is 4.42 Å². The zero-order chi connectivity index (χ0) is 9.54. The van der Waals surface area contributed by atoms with Crippen molar-refractivity contribution in [1.82, 2.24) is 4.98 Å². The Balaban J connectivity index is 2.70. The lowest BCUT2D eigenvalue weighted by atomic mass is 10.2. The molecule has 0 unspecified atom stereocenters. The average molecular weight is 185 g/mol. The van der Waals surface area contributed by atoms with Gasteiger partial charge in [0.2, 0.25) is 5.43 Å². The normalized spacial score (nSPS) is 11.1. The standard InChI is InChI=1S/C11H7NO2/c13-9-5-6-14-11-7-3-1-2-4-8(7)12-10(9)11/h1-6,12H. The van der Waals surface area contributed by atoms with Gasteiger partial charge in [-0.15, -0.1) is 0 Å². The summed E-state index contributed by atoms with van der Waals surface area (Å²) >= 11 is 0. The Hall–Kier alpha value is -2.03. The van der Waals surface area contributed by atoms with Gasteiger partial charge in [-0.25, -0.2) is 0 Å². The van der Waals surface area contributed by atoms with Gasteiger partial charge in [0.25, 0.3) is 0 Å². The number of fused-ring (bicyclic) bond motifs is 3. The van der Waals surface area contributed by atoms with Crippen LogP contribution in [0, 0.1) is 0 Å². The molecule has 0 fully saturated rings. The van der Waals surface area contributed by atoms with E-state index in [4.69, 9.17) is 4.42 Å². The third-order valence-corrected chi connectivity index (χ3v) is 2.31. The molecule has 3 rings (SSSR count). The van der Waals surface area contributed by atoms with Crippen LogP contribution in [0.25, 0.3) is 22.0 Å². The molecule has 0 saturated carbocycles. The molecule has 68 valence electrons. The van der Waals surface area contributed by atoms with E-state index in [9.17, 15) is 4.79 Å². The lowest BCUT2D eigenvalue weighted by Crippen LogP contribution is -1.96. The molecule has 0 aliphatic rings. The van der Waals surface area contributed by atoms with E-state index >= 15 is 0 Å². The number of para-hydroxylation sites is 1. The summed E-state index contributed by atoms with van der Waals surface area (Å²) in [6, 6.07) is 9.10. The number of nitrogens with one attached hydrogen (secondary N) is 1. The van der Waals surface area contributed by atoms with Crippen molar-refractivity contribution in [3.63, 3.8) is 0 Å². The largest absolute Gasteiger partial charge is 0.462 e. The van der Waals surface area contributed by atoms with Crippen LogP contribution in [0.15, 0.2) is 45.8 Å². The lowest BCUT2D eigenvalue weighted by molar-refractivity contribution is 0.606. The van der Waals surface area contributed by atoms with E-state index in [1.165, 1.54) is 12.3 Å². The molecule has 0 aliphatic carbocycles. The summed E-state index contributed by atoms with van der Waals surface area (Å²) < 4.78 is 5.31. The highest BCUT2D eigenvalue weighted by atomic mass is 16.3. The van der Waals surface area contributed by atoms with Crippen LogP contribution in [0.4, 0.5) is 0 Å². The minimum atomic E-state index is -0.0394. The first-order chi connectivity index (χ1) is 6.86. The molecule has 3 aromatic rings. The molecule has 2 heterocycles. The van der Waals surface area contributed by atoms with Crippen molar-refractivity contribution in [3.8, 4) is 0 Å². The number of hydrogen-bond acceptors (Lipinski definition) is 2. The molecule has 0 amide bonds. The molecule has 3 nitrogen and oxygen atoms in total. The quantitative estimate of drug-likeness (QED) is 0.584. The molecule has 0 aliphatic heterocycles. The number of hydrogen-bond donors (Lipinski definition) is 1. The maximum atomic E-state index is 11.5. The highest BCUT2D eigenvalue weighted by molar-refractivity contribution is 6.03. The maximum Gasteiger partial charge on any atom is 0.208 e. The van der Waals surface area contributed by atoms with Gasteiger partial charge in [-0.1, -0.05) is 12.1 Å². The van der Waals surface area contributed by atoms with Crippen molar-refractivity contribution >= 4 is 22.0 Å². The Morgan fingerprint density at radius 2 is 2.00 bits per heavy atom. The summed E-state index contributed by atoms with van der Waals surface area (Å²) in [6.07, 6.45) is 1.42. The molecular formula is C11H7NO2. The molecule has 0 spiro atoms. The van der Waals surface area contributed by atoms with E-state index in [1.54, 1.807) is 0 Å². The number of rotatable bonds is 0. The maximum absolute atomic E-state index is 11.5. The number of H-pyrrole nitrogens is 1. The zero-order valence-corrected chi connectivity index (χ0v) is 7.28. The van der Waals surface area contributed by atoms with Gasteiger partial charge in [0.15, 0.2) is 5.58 Å². The summed E-state index contributed by atoms with van der Waals surface area (Å²) in [7, 11) is 0. The van der Waals surface area contributed by atoms with Crippen LogP contribution in [-0.2, 0) is 0 Å². The van der Waals surface area contributed by atoms with Crippen molar-refractivity contribution in [1.29, 1.82) is 0 Å². The number of benzene rings is 1. The molecule has 0 radical (unpaired) electrons. The first-order valence-corrected chi connectivity index (χ1v) is 4.34. The molecule has 0 atom stereocenters. The van der Waals surface area contributed by atoms with Gasteiger partial charge < -0.3 is 9.40 Å². The van der Waals surface area contributed by atoms with Crippen LogP contribution in [0.3, 0.4) is 0 Å². The minimum Gasteiger partial charge on any atom is -0.462 e. The lowest BCUT2D eigenvalue weighted by Gasteiger charge is -1.87. The van der Waals surface area contributed by atoms with Crippen molar-refractivity contribution in [2.24, 2.45) is 0 Å². The molecule has 1 N–H and O–H groups in total. The Morgan fingerprint density at radius 3 is 2.93 bits per heavy atom. The van der Waals surface area contributed by atoms with Crippen LogP contribution in [-0.4, -0.2) is 4.98 Å². The van der Waals surface area contributed by atoms with E-state index in [1.807, 2.05) is 24.3 Å². The fourth-order valence-electron chi connectivity index (χ4n) is 1.66. The monoisotopic (exact) mass is 185 g/mol. The van der Waals surface area contributed by atoms with Gasteiger partial charge in [0.05, 0.1) is 6.26 Å². The summed E-state index contributed by atoms with van der Waals surface area (Å²) in [6.45, 7) is 0. The molecule has 14 heavy (non-hydrogen) atoms. The van der Waals surface area contributed by atoms with E-state index in [0.29, 0.717) is 11.1 Å². The van der Waals surface area contributed by atoms with Crippen molar-refractivity contribution in [2.75, 3.05) is 0 Å². The summed E-state index contributed by atoms with van der Waals surface area (Å²) in [4.78, 5) is 14.5. The second-order valence-corrected chi connectivity index (χ2v) is 3.16. The molecule has 1 aromatic carbocycles. The number of aromatic nitrogens is 1. The van der Waals surface area contributed by atoms with E-state index < -0.39 is 0 Å². The SMILES string of the molecule is O=c1ccoc2c1[nH]c1ccccc12. The molecule has 2 aromatic heterocycles. The van der Waals surface area contributed by atoms with Gasteiger partial charge in [-0.2, -0.15) is 0 Å². The second kappa shape index (κ2) is 2.48. The first kappa shape index (κ1) is 7.38. The van der Waals surface area contributed by atoms with Crippen LogP contribution in [0.1, 0.15) is 0 Å². The molecule has 3 heteroatoms. The van der Waals surface area contributed by atoms with Gasteiger partial charge in [0.1, 0.15) is 5.52 Å². The predicted molar refractivity (Wildman–Crippen MR) is 54.3 cm³/mol. The van der Waals surface area contributed by atoms with Crippen LogP contribution in [0.5, 0.6) is 0 Å². The molecule has 0 saturated heterocycles. The van der Waals surface area contributed by atoms with Crippen molar-refractivity contribution in [3.05, 3.63) is 46.8 Å². The Labute approximate surface area is 79.0 Å². The summed E-state index contributed by atoms with van der Waals surface area (Å²) in [5.74, 6) is 0. The predicted octanol–water partition coefficient (Wildman–Crippen LogP) is 2.27. The highest BCUT2D eigenvalue weighted by Gasteiger charge is 2.06. The van der Waals surface area contributed by atoms with E-state index in [-0.39, 0.29) is 5.43 Å². The van der Waals surface area contributed by atoms with E-state index in [2.05, 4.69) is 4.98 Å². The van der Waals surface area contributed by atoms with Crippen LogP contribution >= 0.6 is 0 Å². The molecular weight excluding hydrogens is 178 g/mol. The van der Waals surface area contributed by atoms with Gasteiger partial charge in [-0.05, 0) is 12.1 Å². The topological polar surface area (TPSA) is 46.0 Å². The average Bonchev–Trinajstić information content (AvgIpc) is 2.59. The first-order valence-electron chi connectivity index (χ1n) is 4.34. The van der Waals surface area contributed by atoms with Gasteiger partial charge in [-0.3, -0.25) is 4.79 Å². The zero-order valence-electron chi connectivity index (χ0n) is 7.28. The van der Waals surface area contributed by atoms with Crippen LogP contribution in [0.2, 0.25) is 0 Å². The fourth-order valence-corrected chi connectivity index (χ4v) is 1.66. The Bertz CT molecular complexity index is 663. The minimum absolute atomic E-state index is 0.0394. The third kappa shape index (κ3) is 0.836. The second-order valence-electron chi connectivity index (χ2n) is 3.16. The Kier molecular flexibility index (Phi) is 1.31. The highest BCUT2D eigenvalue weighted by Crippen LogP contribution is 2.22. The van der Waals surface area contributed by atoms with Gasteiger partial charge in [0, 0.05) is 17.0 Å². The fraction of sp³-hybridized carbons (Fsp3) is 0. The van der Waals surface area contributed by atoms with E-state index in [0.717, 1.165) is 10.9 Å².